The Kier molecular flexibility index (Phi) is 5.31. The molecule has 1 N–H and O–H groups in total. The number of nitrogens with zero attached hydrogens (tertiary/aromatic N) is 3. The topological polar surface area (TPSA) is 72.7 Å². The van der Waals surface area contributed by atoms with Crippen LogP contribution in [0.1, 0.15) is 0 Å². The lowest BCUT2D eigenvalue weighted by molar-refractivity contribution is 0.583. The van der Waals surface area contributed by atoms with Gasteiger partial charge in [0.1, 0.15) is 17.3 Å². The summed E-state index contributed by atoms with van der Waals surface area (Å²) < 4.78 is 60.1. The van der Waals surface area contributed by atoms with Crippen molar-refractivity contribution in [2.45, 2.75) is 4.90 Å². The first-order chi connectivity index (χ1) is 17.8. The molecule has 0 aliphatic heterocycles. The molecule has 184 valence electrons. The molecule has 6 nitrogen and oxygen atoms in total. The average Bonchev–Trinajstić information content (AvgIpc) is 3.63. The van der Waals surface area contributed by atoms with Crippen LogP contribution in [0.15, 0.2) is 102 Å². The number of rotatable bonds is 5. The lowest BCUT2D eigenvalue weighted by Crippen LogP contribution is -2.14. The van der Waals surface area contributed by atoms with Gasteiger partial charge in [0.25, 0.3) is 10.0 Å². The highest BCUT2D eigenvalue weighted by atomic mass is 32.2. The Labute approximate surface area is 211 Å². The van der Waals surface area contributed by atoms with E-state index in [0.29, 0.717) is 10.9 Å². The van der Waals surface area contributed by atoms with Crippen LogP contribution in [0.5, 0.6) is 0 Å². The van der Waals surface area contributed by atoms with Gasteiger partial charge in [0, 0.05) is 24.2 Å². The molecule has 3 aromatic carbocycles. The summed E-state index contributed by atoms with van der Waals surface area (Å²) in [5.41, 5.74) is 2.98. The summed E-state index contributed by atoms with van der Waals surface area (Å²) in [4.78, 5) is 3.14. The number of hydrogen-bond donors (Lipinski definition) is 1. The molecule has 0 unspecified atom stereocenters. The highest BCUT2D eigenvalue weighted by molar-refractivity contribution is 7.90. The summed E-state index contributed by atoms with van der Waals surface area (Å²) in [5.74, 6) is -1.70. The Morgan fingerprint density at radius 3 is 2.27 bits per heavy atom. The minimum absolute atomic E-state index is 0.0109. The minimum atomic E-state index is -4.18. The van der Waals surface area contributed by atoms with E-state index in [1.807, 2.05) is 31.4 Å². The zero-order valence-corrected chi connectivity index (χ0v) is 20.4. The quantitative estimate of drug-likeness (QED) is 0.297. The summed E-state index contributed by atoms with van der Waals surface area (Å²) in [6, 6.07) is 23.7. The van der Waals surface area contributed by atoms with Crippen molar-refractivity contribution < 1.29 is 17.2 Å². The van der Waals surface area contributed by atoms with Gasteiger partial charge in [0.2, 0.25) is 0 Å². The third-order valence-corrected chi connectivity index (χ3v) is 8.05. The fourth-order valence-electron chi connectivity index (χ4n) is 4.58. The average molecular weight is 515 g/mol. The molecule has 0 atom stereocenters. The van der Waals surface area contributed by atoms with Crippen LogP contribution >= 0.6 is 0 Å². The number of aryl methyl sites for hydroxylation is 1. The van der Waals surface area contributed by atoms with E-state index in [9.17, 15) is 17.2 Å². The van der Waals surface area contributed by atoms with Gasteiger partial charge in [-0.25, -0.2) is 21.2 Å². The lowest BCUT2D eigenvalue weighted by atomic mass is 10.1. The van der Waals surface area contributed by atoms with Gasteiger partial charge in [-0.15, -0.1) is 0 Å². The standard InChI is InChI=1S/C28H20F2N4O2S/c1-33-26(17-24(32-33)23-11-6-14-31-23)18-12-13-25-19(15-18)16-27(28-21(29)9-5-10-22(28)30)34(25)37(35,36)20-7-3-2-4-8-20/h2-17,31H,1H3. The second-order valence-corrected chi connectivity index (χ2v) is 10.4. The Morgan fingerprint density at radius 1 is 0.811 bits per heavy atom. The number of fused-ring (bicyclic) bond motifs is 1. The predicted octanol–water partition coefficient (Wildman–Crippen LogP) is 6.22. The Balaban J connectivity index is 1.60. The molecule has 37 heavy (non-hydrogen) atoms. The molecule has 0 aliphatic rings. The van der Waals surface area contributed by atoms with E-state index in [4.69, 9.17) is 0 Å². The van der Waals surface area contributed by atoms with E-state index < -0.39 is 27.2 Å². The number of aromatic amines is 1. The summed E-state index contributed by atoms with van der Waals surface area (Å²) in [6.45, 7) is 0. The number of nitrogens with one attached hydrogen (secondary N) is 1. The SMILES string of the molecule is Cn1nc(-c2ccc[nH]2)cc1-c1ccc2c(c1)cc(-c1c(F)cccc1F)n2S(=O)(=O)c1ccccc1. The van der Waals surface area contributed by atoms with Gasteiger partial charge in [-0.1, -0.05) is 30.3 Å². The molecule has 0 aliphatic carbocycles. The first-order valence-corrected chi connectivity index (χ1v) is 12.9. The summed E-state index contributed by atoms with van der Waals surface area (Å²) >= 11 is 0. The van der Waals surface area contributed by atoms with Crippen LogP contribution in [0.4, 0.5) is 8.78 Å². The maximum Gasteiger partial charge on any atom is 0.268 e. The fraction of sp³-hybridized carbons (Fsp3) is 0.0357. The van der Waals surface area contributed by atoms with Crippen LogP contribution in [0.25, 0.3) is 44.8 Å². The predicted molar refractivity (Wildman–Crippen MR) is 138 cm³/mol. The molecule has 6 rings (SSSR count). The van der Waals surface area contributed by atoms with Gasteiger partial charge < -0.3 is 4.98 Å². The number of H-pyrrole nitrogens is 1. The van der Waals surface area contributed by atoms with Crippen LogP contribution < -0.4 is 0 Å². The molecule has 0 spiro atoms. The van der Waals surface area contributed by atoms with Crippen molar-refractivity contribution in [2.24, 2.45) is 7.05 Å². The van der Waals surface area contributed by atoms with Gasteiger partial charge in [0.05, 0.1) is 33.1 Å². The normalized spacial score (nSPS) is 11.9. The van der Waals surface area contributed by atoms with Gasteiger partial charge in [-0.05, 0) is 60.7 Å². The molecule has 0 bridgehead atoms. The molecule has 0 radical (unpaired) electrons. The Morgan fingerprint density at radius 2 is 1.57 bits per heavy atom. The zero-order chi connectivity index (χ0) is 25.7. The van der Waals surface area contributed by atoms with E-state index >= 15 is 0 Å². The van der Waals surface area contributed by atoms with Crippen LogP contribution in [-0.2, 0) is 17.1 Å². The summed E-state index contributed by atoms with van der Waals surface area (Å²) in [5, 5.41) is 5.08. The van der Waals surface area contributed by atoms with E-state index in [1.54, 1.807) is 41.1 Å². The lowest BCUT2D eigenvalue weighted by Gasteiger charge is -2.13. The first-order valence-electron chi connectivity index (χ1n) is 11.4. The fourth-order valence-corrected chi connectivity index (χ4v) is 6.12. The van der Waals surface area contributed by atoms with Gasteiger partial charge in [-0.3, -0.25) is 4.68 Å². The Hall–Kier alpha value is -4.50. The molecule has 6 aromatic rings. The molecule has 0 fully saturated rings. The Bertz CT molecular complexity index is 1850. The second kappa shape index (κ2) is 8.56. The third kappa shape index (κ3) is 3.75. The highest BCUT2D eigenvalue weighted by Gasteiger charge is 2.27. The molecule has 3 heterocycles. The van der Waals surface area contributed by atoms with Crippen molar-refractivity contribution in [3.05, 3.63) is 109 Å². The molecular formula is C28H20F2N4O2S. The van der Waals surface area contributed by atoms with Crippen LogP contribution in [0, 0.1) is 11.6 Å². The maximum atomic E-state index is 14.9. The number of hydrogen-bond acceptors (Lipinski definition) is 3. The molecule has 0 amide bonds. The van der Waals surface area contributed by atoms with Crippen LogP contribution in [-0.4, -0.2) is 27.2 Å². The number of aromatic nitrogens is 4. The van der Waals surface area contributed by atoms with Gasteiger partial charge >= 0.3 is 0 Å². The number of benzene rings is 3. The highest BCUT2D eigenvalue weighted by Crippen LogP contribution is 2.37. The molecule has 3 aromatic heterocycles. The zero-order valence-electron chi connectivity index (χ0n) is 19.6. The van der Waals surface area contributed by atoms with Gasteiger partial charge in [0.15, 0.2) is 0 Å². The molecule has 9 heteroatoms. The third-order valence-electron chi connectivity index (χ3n) is 6.31. The summed E-state index contributed by atoms with van der Waals surface area (Å²) in [6.07, 6.45) is 1.81. The van der Waals surface area contributed by atoms with E-state index in [-0.39, 0.29) is 10.6 Å². The monoisotopic (exact) mass is 514 g/mol. The smallest absolute Gasteiger partial charge is 0.268 e. The van der Waals surface area contributed by atoms with E-state index in [0.717, 1.165) is 38.8 Å². The van der Waals surface area contributed by atoms with Gasteiger partial charge in [-0.2, -0.15) is 5.10 Å². The van der Waals surface area contributed by atoms with E-state index in [2.05, 4.69) is 10.1 Å². The van der Waals surface area contributed by atoms with Crippen molar-refractivity contribution >= 4 is 20.9 Å². The minimum Gasteiger partial charge on any atom is -0.360 e. The van der Waals surface area contributed by atoms with Crippen molar-refractivity contribution in [3.8, 4) is 33.9 Å². The largest absolute Gasteiger partial charge is 0.360 e. The number of halogens is 2. The van der Waals surface area contributed by atoms with Crippen LogP contribution in [0.3, 0.4) is 0 Å². The first kappa shape index (κ1) is 22.9. The van der Waals surface area contributed by atoms with Crippen molar-refractivity contribution in [3.63, 3.8) is 0 Å². The maximum absolute atomic E-state index is 14.9. The second-order valence-electron chi connectivity index (χ2n) is 8.60. The molecule has 0 saturated carbocycles. The molecular weight excluding hydrogens is 494 g/mol. The van der Waals surface area contributed by atoms with Crippen molar-refractivity contribution in [1.29, 1.82) is 0 Å². The van der Waals surface area contributed by atoms with Crippen molar-refractivity contribution in [2.75, 3.05) is 0 Å². The van der Waals surface area contributed by atoms with Crippen molar-refractivity contribution in [1.82, 2.24) is 18.7 Å². The molecule has 0 saturated heterocycles. The van der Waals surface area contributed by atoms with E-state index in [1.165, 1.54) is 24.3 Å². The summed E-state index contributed by atoms with van der Waals surface area (Å²) in [7, 11) is -2.37. The van der Waals surface area contributed by atoms with Crippen LogP contribution in [0.2, 0.25) is 0 Å².